The van der Waals surface area contributed by atoms with E-state index in [4.69, 9.17) is 0 Å². The average molecular weight is 436 g/mol. The Labute approximate surface area is 179 Å². The predicted molar refractivity (Wildman–Crippen MR) is 111 cm³/mol. The van der Waals surface area contributed by atoms with Crippen molar-refractivity contribution in [3.8, 4) is 11.1 Å². The molecule has 0 saturated carbocycles. The van der Waals surface area contributed by atoms with E-state index in [0.29, 0.717) is 6.07 Å². The first-order valence-electron chi connectivity index (χ1n) is 10.5. The van der Waals surface area contributed by atoms with Gasteiger partial charge in [-0.25, -0.2) is 17.9 Å². The highest BCUT2D eigenvalue weighted by atomic mass is 19.2. The lowest BCUT2D eigenvalue weighted by Crippen LogP contribution is -2.48. The van der Waals surface area contributed by atoms with Crippen molar-refractivity contribution >= 4 is 5.91 Å². The molecule has 2 heterocycles. The van der Waals surface area contributed by atoms with Gasteiger partial charge in [0.1, 0.15) is 12.4 Å². The number of piperidine rings is 1. The summed E-state index contributed by atoms with van der Waals surface area (Å²) in [6, 6.07) is 2.36. The van der Waals surface area contributed by atoms with Gasteiger partial charge in [0.2, 0.25) is 5.91 Å². The summed E-state index contributed by atoms with van der Waals surface area (Å²) in [6.07, 6.45) is 1.85. The molecule has 3 rings (SSSR count). The van der Waals surface area contributed by atoms with Crippen LogP contribution in [0.1, 0.15) is 45.2 Å². The molecule has 168 valence electrons. The van der Waals surface area contributed by atoms with Gasteiger partial charge >= 0.3 is 0 Å². The van der Waals surface area contributed by atoms with Gasteiger partial charge in [-0.05, 0) is 37.9 Å². The Morgan fingerprint density at radius 3 is 2.65 bits per heavy atom. The Morgan fingerprint density at radius 1 is 1.23 bits per heavy atom. The zero-order valence-corrected chi connectivity index (χ0v) is 17.9. The van der Waals surface area contributed by atoms with Crippen molar-refractivity contribution in [3.05, 3.63) is 51.7 Å². The molecule has 1 saturated heterocycles. The molecule has 1 aliphatic heterocycles. The highest BCUT2D eigenvalue weighted by molar-refractivity contribution is 5.76. The molecule has 9 heteroatoms. The number of likely N-dealkylation sites (N-methyl/N-ethyl adjacent to an activating group) is 1. The number of halogens is 3. The molecule has 0 radical (unpaired) electrons. The molecular formula is C22H27F3N4O2. The van der Waals surface area contributed by atoms with Gasteiger partial charge in [-0.3, -0.25) is 9.59 Å². The average Bonchev–Trinajstić information content (AvgIpc) is 2.71. The number of hydrogen-bond acceptors (Lipinski definition) is 4. The topological polar surface area (TPSA) is 67.2 Å². The molecule has 1 aliphatic rings. The number of carbonyl (C=O) groups excluding carboxylic acids is 1. The third kappa shape index (κ3) is 5.33. The lowest BCUT2D eigenvalue weighted by atomic mass is 9.97. The van der Waals surface area contributed by atoms with Crippen LogP contribution in [-0.4, -0.2) is 46.3 Å². The first-order valence-corrected chi connectivity index (χ1v) is 10.5. The second-order valence-electron chi connectivity index (χ2n) is 8.14. The van der Waals surface area contributed by atoms with Crippen LogP contribution in [-0.2, 0) is 11.3 Å². The summed E-state index contributed by atoms with van der Waals surface area (Å²) in [4.78, 5) is 27.4. The maximum atomic E-state index is 14.3. The lowest BCUT2D eigenvalue weighted by Gasteiger charge is -2.32. The van der Waals surface area contributed by atoms with Crippen molar-refractivity contribution < 1.29 is 18.0 Å². The Hall–Kier alpha value is -2.68. The highest BCUT2D eigenvalue weighted by Crippen LogP contribution is 2.30. The van der Waals surface area contributed by atoms with Crippen LogP contribution in [0, 0.1) is 17.5 Å². The summed E-state index contributed by atoms with van der Waals surface area (Å²) >= 11 is 0. The normalized spacial score (nSPS) is 17.2. The fraction of sp³-hybridized carbons (Fsp3) is 0.500. The van der Waals surface area contributed by atoms with E-state index in [-0.39, 0.29) is 41.2 Å². The van der Waals surface area contributed by atoms with E-state index in [0.717, 1.165) is 49.3 Å². The van der Waals surface area contributed by atoms with Crippen molar-refractivity contribution in [2.45, 2.75) is 52.1 Å². The lowest BCUT2D eigenvalue weighted by molar-refractivity contribution is -0.123. The van der Waals surface area contributed by atoms with Gasteiger partial charge in [0.15, 0.2) is 11.6 Å². The van der Waals surface area contributed by atoms with Crippen LogP contribution in [0.25, 0.3) is 11.1 Å². The molecule has 0 unspecified atom stereocenters. The first kappa shape index (κ1) is 23.0. The van der Waals surface area contributed by atoms with Crippen molar-refractivity contribution in [2.75, 3.05) is 19.6 Å². The number of carbonyl (C=O) groups is 1. The number of hydrogen-bond donors (Lipinski definition) is 1. The molecule has 0 aliphatic carbocycles. The Kier molecular flexibility index (Phi) is 7.15. The fourth-order valence-corrected chi connectivity index (χ4v) is 3.88. The monoisotopic (exact) mass is 436 g/mol. The maximum Gasteiger partial charge on any atom is 0.267 e. The second-order valence-corrected chi connectivity index (χ2v) is 8.14. The summed E-state index contributed by atoms with van der Waals surface area (Å²) in [6.45, 7) is 7.96. The maximum absolute atomic E-state index is 14.3. The molecule has 1 aromatic carbocycles. The molecule has 1 fully saturated rings. The molecule has 1 amide bonds. The van der Waals surface area contributed by atoms with E-state index >= 15 is 0 Å². The van der Waals surface area contributed by atoms with E-state index in [9.17, 15) is 22.8 Å². The van der Waals surface area contributed by atoms with Crippen LogP contribution < -0.4 is 10.9 Å². The minimum atomic E-state index is -1.35. The van der Waals surface area contributed by atoms with Crippen LogP contribution in [0.3, 0.4) is 0 Å². The van der Waals surface area contributed by atoms with E-state index < -0.39 is 23.0 Å². The van der Waals surface area contributed by atoms with Gasteiger partial charge in [0.25, 0.3) is 5.56 Å². The molecular weight excluding hydrogens is 409 g/mol. The molecule has 2 aromatic rings. The van der Waals surface area contributed by atoms with E-state index in [1.54, 1.807) is 13.8 Å². The van der Waals surface area contributed by atoms with E-state index in [1.807, 2.05) is 0 Å². The van der Waals surface area contributed by atoms with Crippen LogP contribution in [0.2, 0.25) is 0 Å². The summed E-state index contributed by atoms with van der Waals surface area (Å²) < 4.78 is 42.7. The predicted octanol–water partition coefficient (Wildman–Crippen LogP) is 3.05. The van der Waals surface area contributed by atoms with Gasteiger partial charge in [-0.15, -0.1) is 0 Å². The summed E-state index contributed by atoms with van der Waals surface area (Å²) in [5, 5.41) is 7.17. The highest BCUT2D eigenvalue weighted by Gasteiger charge is 2.23. The SMILES string of the molecule is CCN1CCC[C@H](NC(=O)Cn2nc(C(C)C)c(-c3cc(F)cc(F)c3F)cc2=O)C1. The van der Waals surface area contributed by atoms with Gasteiger partial charge in [-0.1, -0.05) is 20.8 Å². The summed E-state index contributed by atoms with van der Waals surface area (Å²) in [5.74, 6) is -4.18. The standard InChI is InChI=1S/C22H27F3N4O2/c1-4-28-7-5-6-15(11-28)26-19(30)12-29-20(31)10-17(22(27-29)13(2)3)16-8-14(23)9-18(24)21(16)25/h8-10,13,15H,4-7,11-12H2,1-3H3,(H,26,30)/t15-/m0/s1. The van der Waals surface area contributed by atoms with Crippen LogP contribution in [0.15, 0.2) is 23.0 Å². The van der Waals surface area contributed by atoms with Crippen molar-refractivity contribution in [1.82, 2.24) is 20.0 Å². The van der Waals surface area contributed by atoms with Crippen LogP contribution in [0.5, 0.6) is 0 Å². The number of aromatic nitrogens is 2. The minimum absolute atomic E-state index is 0.00473. The van der Waals surface area contributed by atoms with Gasteiger partial charge in [-0.2, -0.15) is 5.10 Å². The Bertz CT molecular complexity index is 1020. The number of rotatable bonds is 6. The Morgan fingerprint density at radius 2 is 1.97 bits per heavy atom. The fourth-order valence-electron chi connectivity index (χ4n) is 3.88. The molecule has 1 atom stereocenters. The van der Waals surface area contributed by atoms with E-state index in [2.05, 4.69) is 22.2 Å². The smallest absolute Gasteiger partial charge is 0.267 e. The summed E-state index contributed by atoms with van der Waals surface area (Å²) in [7, 11) is 0. The number of nitrogens with zero attached hydrogens (tertiary/aromatic N) is 3. The first-order chi connectivity index (χ1) is 14.7. The van der Waals surface area contributed by atoms with Gasteiger partial charge < -0.3 is 10.2 Å². The zero-order chi connectivity index (χ0) is 22.7. The summed E-state index contributed by atoms with van der Waals surface area (Å²) in [5.41, 5.74) is -0.744. The molecule has 0 spiro atoms. The number of amides is 1. The van der Waals surface area contributed by atoms with E-state index in [1.165, 1.54) is 0 Å². The zero-order valence-electron chi connectivity index (χ0n) is 17.9. The number of benzene rings is 1. The molecule has 6 nitrogen and oxygen atoms in total. The Balaban J connectivity index is 1.87. The molecule has 1 N–H and O–H groups in total. The van der Waals surface area contributed by atoms with Crippen LogP contribution >= 0.6 is 0 Å². The molecule has 0 bridgehead atoms. The quantitative estimate of drug-likeness (QED) is 0.707. The second kappa shape index (κ2) is 9.64. The van der Waals surface area contributed by atoms with Crippen LogP contribution in [0.4, 0.5) is 13.2 Å². The van der Waals surface area contributed by atoms with Crippen molar-refractivity contribution in [1.29, 1.82) is 0 Å². The number of nitrogens with one attached hydrogen (secondary N) is 1. The number of likely N-dealkylation sites (tertiary alicyclic amines) is 1. The third-order valence-corrected chi connectivity index (χ3v) is 5.47. The third-order valence-electron chi connectivity index (χ3n) is 5.47. The van der Waals surface area contributed by atoms with Crippen molar-refractivity contribution in [2.24, 2.45) is 0 Å². The minimum Gasteiger partial charge on any atom is -0.350 e. The molecule has 31 heavy (non-hydrogen) atoms. The van der Waals surface area contributed by atoms with Gasteiger partial charge in [0, 0.05) is 35.8 Å². The molecule has 1 aromatic heterocycles. The van der Waals surface area contributed by atoms with Gasteiger partial charge in [0.05, 0.1) is 5.69 Å². The largest absolute Gasteiger partial charge is 0.350 e. The van der Waals surface area contributed by atoms with Crippen molar-refractivity contribution in [3.63, 3.8) is 0 Å².